The van der Waals surface area contributed by atoms with Gasteiger partial charge in [0.1, 0.15) is 0 Å². The number of carbonyl (C=O) groups is 1. The molecule has 3 rings (SSSR count). The second-order valence-corrected chi connectivity index (χ2v) is 11.1. The predicted octanol–water partition coefficient (Wildman–Crippen LogP) is 3.31. The van der Waals surface area contributed by atoms with Crippen molar-refractivity contribution in [1.29, 1.82) is 0 Å². The van der Waals surface area contributed by atoms with Gasteiger partial charge in [-0.2, -0.15) is 0 Å². The van der Waals surface area contributed by atoms with Crippen molar-refractivity contribution in [1.82, 2.24) is 14.9 Å². The van der Waals surface area contributed by atoms with E-state index in [2.05, 4.69) is 14.9 Å². The van der Waals surface area contributed by atoms with E-state index in [9.17, 15) is 17.6 Å². The number of methoxy groups -OCH3 is 1. The molecule has 1 aliphatic heterocycles. The average Bonchev–Trinajstić information content (AvgIpc) is 2.74. The summed E-state index contributed by atoms with van der Waals surface area (Å²) >= 11 is 0. The van der Waals surface area contributed by atoms with Crippen LogP contribution in [-0.4, -0.2) is 51.0 Å². The molecule has 7 nitrogen and oxygen atoms in total. The van der Waals surface area contributed by atoms with Gasteiger partial charge in [0, 0.05) is 36.8 Å². The van der Waals surface area contributed by atoms with Crippen LogP contribution in [0.4, 0.5) is 4.39 Å². The van der Waals surface area contributed by atoms with Gasteiger partial charge in [-0.15, -0.1) is 0 Å². The Morgan fingerprint density at radius 1 is 1.12 bits per heavy atom. The largest absolute Gasteiger partial charge is 0.494 e. The molecular formula is C24H32FN3O4S. The number of carbonyl (C=O) groups excluding carboxylic acids is 1. The fourth-order valence-corrected chi connectivity index (χ4v) is 5.24. The molecule has 0 aliphatic carbocycles. The highest BCUT2D eigenvalue weighted by atomic mass is 32.2. The van der Waals surface area contributed by atoms with Crippen LogP contribution in [0.2, 0.25) is 0 Å². The van der Waals surface area contributed by atoms with Crippen LogP contribution < -0.4 is 14.8 Å². The van der Waals surface area contributed by atoms with Crippen LogP contribution in [0.1, 0.15) is 49.5 Å². The summed E-state index contributed by atoms with van der Waals surface area (Å²) < 4.78 is 46.3. The summed E-state index contributed by atoms with van der Waals surface area (Å²) in [4.78, 5) is 15.0. The van der Waals surface area contributed by atoms with E-state index >= 15 is 0 Å². The normalized spacial score (nSPS) is 15.9. The van der Waals surface area contributed by atoms with E-state index in [1.54, 1.807) is 26.8 Å². The Morgan fingerprint density at radius 3 is 2.30 bits per heavy atom. The molecule has 0 spiro atoms. The first-order valence-electron chi connectivity index (χ1n) is 11.0. The number of benzene rings is 2. The van der Waals surface area contributed by atoms with Crippen LogP contribution in [0.3, 0.4) is 0 Å². The van der Waals surface area contributed by atoms with Gasteiger partial charge in [0.05, 0.1) is 12.0 Å². The van der Waals surface area contributed by atoms with Gasteiger partial charge in [-0.1, -0.05) is 6.07 Å². The number of hydrogen-bond donors (Lipinski definition) is 2. The van der Waals surface area contributed by atoms with Gasteiger partial charge in [-0.05, 0) is 75.6 Å². The molecule has 9 heteroatoms. The summed E-state index contributed by atoms with van der Waals surface area (Å²) in [5.41, 5.74) is 0.707. The Bertz CT molecular complexity index is 1070. The highest BCUT2D eigenvalue weighted by molar-refractivity contribution is 7.89. The van der Waals surface area contributed by atoms with Crippen molar-refractivity contribution in [3.63, 3.8) is 0 Å². The average molecular weight is 478 g/mol. The number of hydrogen-bond acceptors (Lipinski definition) is 5. The first-order chi connectivity index (χ1) is 15.5. The number of piperidine rings is 1. The zero-order valence-corrected chi connectivity index (χ0v) is 20.3. The number of likely N-dealkylation sites (tertiary alicyclic amines) is 1. The number of nitrogens with one attached hydrogen (secondary N) is 2. The third kappa shape index (κ3) is 6.99. The van der Waals surface area contributed by atoms with Crippen molar-refractivity contribution in [3.8, 4) is 5.75 Å². The van der Waals surface area contributed by atoms with Crippen molar-refractivity contribution in [3.05, 3.63) is 59.4 Å². The maximum Gasteiger partial charge on any atom is 0.251 e. The van der Waals surface area contributed by atoms with Crippen molar-refractivity contribution >= 4 is 15.9 Å². The Balaban J connectivity index is 1.51. The number of amides is 1. The molecule has 2 N–H and O–H groups in total. The van der Waals surface area contributed by atoms with Crippen molar-refractivity contribution in [2.24, 2.45) is 0 Å². The summed E-state index contributed by atoms with van der Waals surface area (Å²) in [6.45, 7) is 7.52. The van der Waals surface area contributed by atoms with Crippen LogP contribution in [0, 0.1) is 5.82 Å². The summed E-state index contributed by atoms with van der Waals surface area (Å²) in [7, 11) is -2.20. The number of rotatable bonds is 7. The number of halogens is 1. The summed E-state index contributed by atoms with van der Waals surface area (Å²) in [5.74, 6) is -0.361. The lowest BCUT2D eigenvalue weighted by Crippen LogP contribution is -2.44. The second kappa shape index (κ2) is 10.2. The topological polar surface area (TPSA) is 87.7 Å². The highest BCUT2D eigenvalue weighted by Crippen LogP contribution is 2.21. The fourth-order valence-electron chi connectivity index (χ4n) is 3.82. The van der Waals surface area contributed by atoms with Gasteiger partial charge in [-0.3, -0.25) is 9.69 Å². The second-order valence-electron chi connectivity index (χ2n) is 9.37. The SMILES string of the molecule is COc1ccc(CN2CCC(NC(=O)c3ccc(S(=O)(=O)NC(C)(C)C)cc3)CC2)cc1F. The van der Waals surface area contributed by atoms with Gasteiger partial charge >= 0.3 is 0 Å². The van der Waals surface area contributed by atoms with Crippen LogP contribution in [0.15, 0.2) is 47.4 Å². The highest BCUT2D eigenvalue weighted by Gasteiger charge is 2.24. The van der Waals surface area contributed by atoms with E-state index in [4.69, 9.17) is 4.74 Å². The minimum absolute atomic E-state index is 0.0346. The third-order valence-electron chi connectivity index (χ3n) is 5.41. The molecule has 180 valence electrons. The smallest absolute Gasteiger partial charge is 0.251 e. The van der Waals surface area contributed by atoms with Gasteiger partial charge < -0.3 is 10.1 Å². The minimum Gasteiger partial charge on any atom is -0.494 e. The summed E-state index contributed by atoms with van der Waals surface area (Å²) in [6.07, 6.45) is 1.57. The van der Waals surface area contributed by atoms with Gasteiger partial charge in [0.25, 0.3) is 5.91 Å². The van der Waals surface area contributed by atoms with Crippen LogP contribution in [-0.2, 0) is 16.6 Å². The molecule has 0 unspecified atom stereocenters. The monoisotopic (exact) mass is 477 g/mol. The van der Waals surface area contributed by atoms with Gasteiger partial charge in [-0.25, -0.2) is 17.5 Å². The molecule has 1 heterocycles. The van der Waals surface area contributed by atoms with E-state index in [-0.39, 0.29) is 28.4 Å². The minimum atomic E-state index is -3.64. The molecule has 1 saturated heterocycles. The first kappa shape index (κ1) is 25.1. The molecule has 33 heavy (non-hydrogen) atoms. The lowest BCUT2D eigenvalue weighted by atomic mass is 10.0. The molecule has 2 aromatic carbocycles. The zero-order valence-electron chi connectivity index (χ0n) is 19.5. The Labute approximate surface area is 195 Å². The summed E-state index contributed by atoms with van der Waals surface area (Å²) in [6, 6.07) is 11.0. The van der Waals surface area contributed by atoms with E-state index in [1.807, 2.05) is 6.07 Å². The molecular weight excluding hydrogens is 445 g/mol. The van der Waals surface area contributed by atoms with Gasteiger partial charge in [0.15, 0.2) is 11.6 Å². The maximum absolute atomic E-state index is 13.9. The molecule has 2 aromatic rings. The number of ether oxygens (including phenoxy) is 1. The standard InChI is InChI=1S/C24H32FN3O4S/c1-24(2,3)27-33(30,31)20-8-6-18(7-9-20)23(29)26-19-11-13-28(14-12-19)16-17-5-10-22(32-4)21(25)15-17/h5-10,15,19,27H,11-14,16H2,1-4H3,(H,26,29). The van der Waals surface area contributed by atoms with E-state index in [1.165, 1.54) is 37.4 Å². The molecule has 0 saturated carbocycles. The zero-order chi connectivity index (χ0) is 24.2. The lowest BCUT2D eigenvalue weighted by Gasteiger charge is -2.32. The first-order valence-corrected chi connectivity index (χ1v) is 12.4. The van der Waals surface area contributed by atoms with E-state index < -0.39 is 15.6 Å². The van der Waals surface area contributed by atoms with Gasteiger partial charge in [0.2, 0.25) is 10.0 Å². The molecule has 0 radical (unpaired) electrons. The molecule has 0 aromatic heterocycles. The Morgan fingerprint density at radius 2 is 1.76 bits per heavy atom. The van der Waals surface area contributed by atoms with Crippen LogP contribution in [0.25, 0.3) is 0 Å². The predicted molar refractivity (Wildman–Crippen MR) is 125 cm³/mol. The summed E-state index contributed by atoms with van der Waals surface area (Å²) in [5, 5.41) is 3.03. The van der Waals surface area contributed by atoms with Crippen molar-refractivity contribution < 1.29 is 22.3 Å². The number of nitrogens with zero attached hydrogens (tertiary/aromatic N) is 1. The molecule has 1 amide bonds. The van der Waals surface area contributed by atoms with E-state index in [0.29, 0.717) is 12.1 Å². The third-order valence-corrected chi connectivity index (χ3v) is 7.19. The van der Waals surface area contributed by atoms with Crippen LogP contribution in [0.5, 0.6) is 5.75 Å². The quantitative estimate of drug-likeness (QED) is 0.639. The van der Waals surface area contributed by atoms with Crippen molar-refractivity contribution in [2.75, 3.05) is 20.2 Å². The molecule has 1 fully saturated rings. The molecule has 1 aliphatic rings. The van der Waals surface area contributed by atoms with Crippen LogP contribution >= 0.6 is 0 Å². The Hall–Kier alpha value is -2.49. The fraction of sp³-hybridized carbons (Fsp3) is 0.458. The van der Waals surface area contributed by atoms with E-state index in [0.717, 1.165) is 31.5 Å². The molecule has 0 atom stereocenters. The van der Waals surface area contributed by atoms with Crippen molar-refractivity contribution in [2.45, 2.75) is 56.6 Å². The Kier molecular flexibility index (Phi) is 7.76. The maximum atomic E-state index is 13.9. The molecule has 0 bridgehead atoms. The lowest BCUT2D eigenvalue weighted by molar-refractivity contribution is 0.0908. The number of sulfonamides is 1.